The minimum absolute atomic E-state index is 0.407. The van der Waals surface area contributed by atoms with E-state index in [0.29, 0.717) is 17.9 Å². The van der Waals surface area contributed by atoms with E-state index in [2.05, 4.69) is 4.90 Å². The Bertz CT molecular complexity index is 401. The molecule has 1 aliphatic heterocycles. The van der Waals surface area contributed by atoms with E-state index in [1.807, 2.05) is 6.07 Å². The number of morpholine rings is 1. The third kappa shape index (κ3) is 2.15. The molecule has 92 valence electrons. The number of ether oxygens (including phenoxy) is 1. The van der Waals surface area contributed by atoms with E-state index >= 15 is 0 Å². The molecule has 1 saturated carbocycles. The Morgan fingerprint density at radius 2 is 2.35 bits per heavy atom. The predicted octanol–water partition coefficient (Wildman–Crippen LogP) is 1.85. The summed E-state index contributed by atoms with van der Waals surface area (Å²) in [7, 11) is 0. The first-order valence-corrected chi connectivity index (χ1v) is 6.26. The van der Waals surface area contributed by atoms with E-state index in [1.54, 1.807) is 6.07 Å². The molecule has 0 bridgehead atoms. The van der Waals surface area contributed by atoms with Crippen LogP contribution in [0.1, 0.15) is 35.6 Å². The Morgan fingerprint density at radius 1 is 1.41 bits per heavy atom. The van der Waals surface area contributed by atoms with E-state index < -0.39 is 0 Å². The summed E-state index contributed by atoms with van der Waals surface area (Å²) in [6, 6.07) is 4.16. The lowest BCUT2D eigenvalue weighted by Gasteiger charge is -2.37. The van der Waals surface area contributed by atoms with Crippen LogP contribution in [0, 0.1) is 0 Å². The van der Waals surface area contributed by atoms with E-state index in [1.165, 1.54) is 19.3 Å². The molecule has 2 aliphatic rings. The van der Waals surface area contributed by atoms with Crippen LogP contribution in [0.4, 0.5) is 0 Å². The summed E-state index contributed by atoms with van der Waals surface area (Å²) < 4.78 is 11.2. The van der Waals surface area contributed by atoms with Crippen molar-refractivity contribution in [2.45, 2.75) is 38.0 Å². The van der Waals surface area contributed by atoms with Gasteiger partial charge in [0.15, 0.2) is 12.0 Å². The SMILES string of the molecule is O=Cc1ccc(CN2CCOC3CCCC32)o1. The molecule has 1 aliphatic carbocycles. The first-order valence-electron chi connectivity index (χ1n) is 6.26. The Balaban J connectivity index is 1.69. The second-order valence-electron chi connectivity index (χ2n) is 4.80. The van der Waals surface area contributed by atoms with Gasteiger partial charge in [0.25, 0.3) is 0 Å². The number of fused-ring (bicyclic) bond motifs is 1. The van der Waals surface area contributed by atoms with E-state index in [0.717, 1.165) is 31.7 Å². The zero-order valence-corrected chi connectivity index (χ0v) is 9.80. The maximum absolute atomic E-state index is 10.6. The maximum Gasteiger partial charge on any atom is 0.185 e. The van der Waals surface area contributed by atoms with Gasteiger partial charge in [0, 0.05) is 12.6 Å². The van der Waals surface area contributed by atoms with Crippen LogP contribution in [-0.4, -0.2) is 36.5 Å². The maximum atomic E-state index is 10.6. The highest BCUT2D eigenvalue weighted by Crippen LogP contribution is 2.30. The summed E-state index contributed by atoms with van der Waals surface area (Å²) in [5.74, 6) is 1.29. The lowest BCUT2D eigenvalue weighted by molar-refractivity contribution is -0.0606. The minimum Gasteiger partial charge on any atom is -0.457 e. The highest BCUT2D eigenvalue weighted by Gasteiger charge is 2.36. The van der Waals surface area contributed by atoms with Crippen LogP contribution in [0.5, 0.6) is 0 Å². The molecule has 0 radical (unpaired) electrons. The number of nitrogens with zero attached hydrogens (tertiary/aromatic N) is 1. The van der Waals surface area contributed by atoms with Gasteiger partial charge in [-0.15, -0.1) is 0 Å². The molecule has 4 nitrogen and oxygen atoms in total. The highest BCUT2D eigenvalue weighted by molar-refractivity contribution is 5.70. The molecule has 3 rings (SSSR count). The first-order chi connectivity index (χ1) is 8.36. The molecular formula is C13H17NO3. The van der Waals surface area contributed by atoms with Gasteiger partial charge in [-0.25, -0.2) is 0 Å². The van der Waals surface area contributed by atoms with Gasteiger partial charge in [-0.05, 0) is 31.4 Å². The molecule has 1 aromatic rings. The van der Waals surface area contributed by atoms with Gasteiger partial charge in [0.05, 0.1) is 19.3 Å². The third-order valence-electron chi connectivity index (χ3n) is 3.75. The largest absolute Gasteiger partial charge is 0.457 e. The van der Waals surface area contributed by atoms with Gasteiger partial charge in [0.1, 0.15) is 5.76 Å². The lowest BCUT2D eigenvalue weighted by Crippen LogP contribution is -2.47. The lowest BCUT2D eigenvalue weighted by atomic mass is 10.1. The number of carbonyl (C=O) groups excluding carboxylic acids is 1. The van der Waals surface area contributed by atoms with Crippen molar-refractivity contribution in [1.29, 1.82) is 0 Å². The molecule has 0 spiro atoms. The number of hydrogen-bond donors (Lipinski definition) is 0. The Labute approximate surface area is 101 Å². The molecule has 17 heavy (non-hydrogen) atoms. The number of aldehydes is 1. The van der Waals surface area contributed by atoms with Gasteiger partial charge >= 0.3 is 0 Å². The zero-order chi connectivity index (χ0) is 11.7. The van der Waals surface area contributed by atoms with Crippen LogP contribution in [0.3, 0.4) is 0 Å². The van der Waals surface area contributed by atoms with Crippen LogP contribution in [0.2, 0.25) is 0 Å². The van der Waals surface area contributed by atoms with Crippen molar-refractivity contribution >= 4 is 6.29 Å². The predicted molar refractivity (Wildman–Crippen MR) is 61.9 cm³/mol. The molecule has 4 heteroatoms. The fraction of sp³-hybridized carbons (Fsp3) is 0.615. The van der Waals surface area contributed by atoms with Crippen LogP contribution in [0.15, 0.2) is 16.5 Å². The summed E-state index contributed by atoms with van der Waals surface area (Å²) >= 11 is 0. The Kier molecular flexibility index (Phi) is 2.99. The quantitative estimate of drug-likeness (QED) is 0.750. The highest BCUT2D eigenvalue weighted by atomic mass is 16.5. The number of rotatable bonds is 3. The summed E-state index contributed by atoms with van der Waals surface area (Å²) in [5.41, 5.74) is 0. The molecule has 1 aromatic heterocycles. The molecular weight excluding hydrogens is 218 g/mol. The van der Waals surface area contributed by atoms with Crippen molar-refractivity contribution in [3.8, 4) is 0 Å². The van der Waals surface area contributed by atoms with Gasteiger partial charge in [0.2, 0.25) is 0 Å². The summed E-state index contributed by atoms with van der Waals surface area (Å²) in [6.45, 7) is 2.55. The molecule has 2 heterocycles. The van der Waals surface area contributed by atoms with Crippen LogP contribution >= 0.6 is 0 Å². The second kappa shape index (κ2) is 4.63. The van der Waals surface area contributed by atoms with Crippen LogP contribution < -0.4 is 0 Å². The zero-order valence-electron chi connectivity index (χ0n) is 9.80. The Morgan fingerprint density at radius 3 is 3.18 bits per heavy atom. The van der Waals surface area contributed by atoms with Crippen molar-refractivity contribution in [3.63, 3.8) is 0 Å². The van der Waals surface area contributed by atoms with Gasteiger partial charge < -0.3 is 9.15 Å². The van der Waals surface area contributed by atoms with Crippen LogP contribution in [0.25, 0.3) is 0 Å². The number of carbonyl (C=O) groups is 1. The molecule has 0 amide bonds. The van der Waals surface area contributed by atoms with Crippen molar-refractivity contribution < 1.29 is 13.9 Å². The van der Waals surface area contributed by atoms with E-state index in [9.17, 15) is 4.79 Å². The minimum atomic E-state index is 0.407. The van der Waals surface area contributed by atoms with Crippen molar-refractivity contribution in [3.05, 3.63) is 23.7 Å². The second-order valence-corrected chi connectivity index (χ2v) is 4.80. The van der Waals surface area contributed by atoms with Crippen LogP contribution in [-0.2, 0) is 11.3 Å². The fourth-order valence-electron chi connectivity index (χ4n) is 2.95. The average molecular weight is 235 g/mol. The van der Waals surface area contributed by atoms with Crippen molar-refractivity contribution in [1.82, 2.24) is 4.90 Å². The fourth-order valence-corrected chi connectivity index (χ4v) is 2.95. The Hall–Kier alpha value is -1.13. The number of furan rings is 1. The van der Waals surface area contributed by atoms with Gasteiger partial charge in [-0.2, -0.15) is 0 Å². The third-order valence-corrected chi connectivity index (χ3v) is 3.75. The summed E-state index contributed by atoms with van der Waals surface area (Å²) in [5, 5.41) is 0. The first kappa shape index (κ1) is 11.0. The van der Waals surface area contributed by atoms with Gasteiger partial charge in [-0.1, -0.05) is 0 Å². The molecule has 1 saturated heterocycles. The molecule has 0 N–H and O–H groups in total. The molecule has 0 aromatic carbocycles. The standard InChI is InChI=1S/C13H17NO3/c15-9-11-5-4-10(17-11)8-14-6-7-16-13-3-1-2-12(13)14/h4-5,9,12-13H,1-3,6-8H2. The smallest absolute Gasteiger partial charge is 0.185 e. The molecule has 2 fully saturated rings. The number of hydrogen-bond acceptors (Lipinski definition) is 4. The molecule has 2 atom stereocenters. The average Bonchev–Trinajstić information content (AvgIpc) is 2.97. The van der Waals surface area contributed by atoms with Crippen molar-refractivity contribution in [2.24, 2.45) is 0 Å². The normalized spacial score (nSPS) is 29.2. The summed E-state index contributed by atoms with van der Waals surface area (Å²) in [4.78, 5) is 13.0. The van der Waals surface area contributed by atoms with E-state index in [4.69, 9.17) is 9.15 Å². The van der Waals surface area contributed by atoms with Gasteiger partial charge in [-0.3, -0.25) is 9.69 Å². The topological polar surface area (TPSA) is 42.7 Å². The molecule has 2 unspecified atom stereocenters. The monoisotopic (exact) mass is 235 g/mol. The summed E-state index contributed by atoms with van der Waals surface area (Å²) in [6.07, 6.45) is 4.81. The van der Waals surface area contributed by atoms with E-state index in [-0.39, 0.29) is 0 Å². The van der Waals surface area contributed by atoms with Crippen molar-refractivity contribution in [2.75, 3.05) is 13.2 Å².